The zero-order valence-electron chi connectivity index (χ0n) is 38.1. The quantitative estimate of drug-likeness (QED) is 0.116. The van der Waals surface area contributed by atoms with Gasteiger partial charge >= 0.3 is 138 Å². The van der Waals surface area contributed by atoms with E-state index < -0.39 is 0 Å². The van der Waals surface area contributed by atoms with Crippen LogP contribution in [0, 0.1) is 0 Å². The van der Waals surface area contributed by atoms with Gasteiger partial charge in [0.1, 0.15) is 6.33 Å². The van der Waals surface area contributed by atoms with E-state index in [2.05, 4.69) is 52.5 Å². The zero-order valence-corrected chi connectivity index (χ0v) is 51.2. The topological polar surface area (TPSA) is 173 Å². The first-order valence-corrected chi connectivity index (χ1v) is 22.2. The van der Waals surface area contributed by atoms with Gasteiger partial charge in [-0.1, -0.05) is 40.2 Å². The van der Waals surface area contributed by atoms with E-state index in [1.807, 2.05) is 88.9 Å². The first-order chi connectivity index (χ1) is 30.9. The molecule has 2 fully saturated rings. The summed E-state index contributed by atoms with van der Waals surface area (Å²) in [6.07, 6.45) is 11.6. The predicted molar refractivity (Wildman–Crippen MR) is 238 cm³/mol. The summed E-state index contributed by atoms with van der Waals surface area (Å²) in [5, 5.41) is 8.43. The average molecular weight is 1190 g/mol. The summed E-state index contributed by atoms with van der Waals surface area (Å²) in [7, 11) is 0. The fourth-order valence-corrected chi connectivity index (χ4v) is 8.33. The van der Waals surface area contributed by atoms with Crippen LogP contribution in [-0.2, 0) is 41.5 Å². The van der Waals surface area contributed by atoms with E-state index in [-0.39, 0.29) is 170 Å². The maximum Gasteiger partial charge on any atom is 1.00 e. The number of benzene rings is 4. The third kappa shape index (κ3) is 15.8. The van der Waals surface area contributed by atoms with Gasteiger partial charge in [0.15, 0.2) is 12.6 Å². The second-order valence-electron chi connectivity index (χ2n) is 15.3. The molecule has 2 aromatic heterocycles. The van der Waals surface area contributed by atoms with Crippen LogP contribution in [0.15, 0.2) is 102 Å². The molecule has 334 valence electrons. The number of nitrogens with zero attached hydrogens (tertiary/aromatic N) is 5. The number of ether oxygens (including phenoxy) is 4. The number of carbonyl (C=O) groups excluding carboxylic acids is 3. The summed E-state index contributed by atoms with van der Waals surface area (Å²) in [6.45, 7) is 5.16. The Kier molecular flexibility index (Phi) is 24.3. The van der Waals surface area contributed by atoms with E-state index in [1.54, 1.807) is 6.33 Å². The Morgan fingerprint density at radius 3 is 1.91 bits per heavy atom. The minimum Gasteiger partial charge on any atom is -1.00 e. The van der Waals surface area contributed by atoms with Gasteiger partial charge in [0.2, 0.25) is 0 Å². The molecule has 4 aromatic carbocycles. The summed E-state index contributed by atoms with van der Waals surface area (Å²) in [6, 6.07) is 27.9. The van der Waals surface area contributed by atoms with Crippen LogP contribution in [-0.4, -0.2) is 113 Å². The summed E-state index contributed by atoms with van der Waals surface area (Å²) in [4.78, 5) is 51.9. The normalized spacial score (nSPS) is 17.6. The molecule has 2 unspecified atom stereocenters. The third-order valence-corrected chi connectivity index (χ3v) is 11.7. The predicted octanol–water partition coefficient (Wildman–Crippen LogP) is 0.676. The Bertz CT molecular complexity index is 2400. The van der Waals surface area contributed by atoms with Crippen molar-refractivity contribution in [3.05, 3.63) is 124 Å². The fourth-order valence-electron chi connectivity index (χ4n) is 7.92. The van der Waals surface area contributed by atoms with Crippen molar-refractivity contribution < 1.29 is 183 Å². The molecule has 4 aliphatic rings. The van der Waals surface area contributed by atoms with Gasteiger partial charge < -0.3 is 45.3 Å². The number of rotatable bonds is 10. The van der Waals surface area contributed by atoms with Crippen molar-refractivity contribution >= 4 is 56.3 Å². The first kappa shape index (κ1) is 54.6. The number of fused-ring (bicyclic) bond motifs is 4. The number of para-hydroxylation sites is 4. The number of nitrogens with one attached hydrogen (secondary N) is 1. The maximum atomic E-state index is 12.9. The van der Waals surface area contributed by atoms with Crippen molar-refractivity contribution in [3.63, 3.8) is 0 Å². The van der Waals surface area contributed by atoms with Crippen LogP contribution < -0.4 is 143 Å². The van der Waals surface area contributed by atoms with E-state index >= 15 is 0 Å². The van der Waals surface area contributed by atoms with E-state index in [0.717, 1.165) is 132 Å². The molecule has 0 saturated carbocycles. The number of aromatic amines is 1. The summed E-state index contributed by atoms with van der Waals surface area (Å²) in [5.74, 6) is 0.193. The van der Waals surface area contributed by atoms with Crippen LogP contribution in [0.2, 0.25) is 0 Å². The molecular formula is C47H53BrCs2N6O9. The molecule has 0 spiro atoms. The number of H-pyrrole nitrogens is 1. The molecule has 2 saturated heterocycles. The molecule has 4 aliphatic heterocycles. The molecule has 6 heterocycles. The Labute approximate surface area is 506 Å². The number of hydrogen-bond donors (Lipinski definition) is 1. The summed E-state index contributed by atoms with van der Waals surface area (Å²) in [5.41, 5.74) is 9.02. The van der Waals surface area contributed by atoms with Gasteiger partial charge in [0.05, 0.1) is 41.6 Å². The van der Waals surface area contributed by atoms with E-state index in [1.165, 1.54) is 0 Å². The smallest absolute Gasteiger partial charge is 1.00 e. The number of halogens is 1. The fraction of sp³-hybridized carbons (Fsp3) is 0.383. The van der Waals surface area contributed by atoms with Crippen molar-refractivity contribution in [2.75, 3.05) is 52.6 Å². The van der Waals surface area contributed by atoms with Crippen molar-refractivity contribution in [1.82, 2.24) is 29.3 Å². The average Bonchev–Trinajstić information content (AvgIpc) is 4.00. The molecule has 15 nitrogen and oxygen atoms in total. The Morgan fingerprint density at radius 1 is 0.754 bits per heavy atom. The van der Waals surface area contributed by atoms with Crippen molar-refractivity contribution in [3.8, 4) is 5.69 Å². The minimum atomic E-state index is -0.181. The van der Waals surface area contributed by atoms with Crippen molar-refractivity contribution in [1.29, 1.82) is 0 Å². The molecule has 2 atom stereocenters. The Morgan fingerprint density at radius 2 is 1.32 bits per heavy atom. The Balaban J connectivity index is 0.000000225. The second kappa shape index (κ2) is 28.9. The summed E-state index contributed by atoms with van der Waals surface area (Å²) >= 11 is 3.45. The van der Waals surface area contributed by atoms with Gasteiger partial charge in [-0.05, 0) is 123 Å². The molecule has 0 bridgehead atoms. The molecule has 0 aliphatic carbocycles. The molecule has 18 heteroatoms. The SMILES string of the molecule is O=C1c2ccc(-n3cnc4ccccc43)cc2CCN1CCOC1CCCCO1.O=C1c2ccc(Br)cc2CCN1CCOC1CCCCO1.O=CO[O-].[Cs+].[Cs+].[H-].c1ccc2[nH]cnc2c1. The van der Waals surface area contributed by atoms with E-state index in [4.69, 9.17) is 29.0 Å². The standard InChI is InChI=1S/C23H25N3O3.C16H20BrNO3.C7H6N2.CH2O3.2Cs.H/c27-23-19-9-8-18(26-16-24-20-5-1-2-6-21(20)26)15-17(19)10-11-25(23)12-14-29-22-7-3-4-13-28-22;17-13-4-5-14-12(11-13)6-7-18(16(14)19)8-10-21-15-3-1-2-9-20-15;1-2-4-7-6(3-1)8-5-9-7;2-1-4-3;;;/h1-2,5-6,8-9,15-16,22H,3-4,7,10-14H2;4-5,11,15H,1-3,6-10H2;1-5H,(H,8,9);1,3H;;;/q;;;;2*+1;-1/p-1. The Hall–Kier alpha value is -1.39. The van der Waals surface area contributed by atoms with Gasteiger partial charge in [0, 0.05) is 60.7 Å². The van der Waals surface area contributed by atoms with E-state index in [9.17, 15) is 9.59 Å². The number of aromatic nitrogens is 4. The van der Waals surface area contributed by atoms with Gasteiger partial charge in [-0.25, -0.2) is 9.97 Å². The molecule has 6 aromatic rings. The van der Waals surface area contributed by atoms with E-state index in [0.29, 0.717) is 26.3 Å². The third-order valence-electron chi connectivity index (χ3n) is 11.2. The van der Waals surface area contributed by atoms with Crippen LogP contribution in [0.5, 0.6) is 0 Å². The van der Waals surface area contributed by atoms with Gasteiger partial charge in [-0.3, -0.25) is 19.0 Å². The zero-order chi connectivity index (χ0) is 43.8. The molecular weight excluding hydrogens is 1140 g/mol. The van der Waals surface area contributed by atoms with Crippen LogP contribution in [0.25, 0.3) is 27.8 Å². The van der Waals surface area contributed by atoms with Gasteiger partial charge in [-0.15, -0.1) is 0 Å². The number of carbonyl (C=O) groups is 3. The molecule has 2 amide bonds. The van der Waals surface area contributed by atoms with Gasteiger partial charge in [-0.2, -0.15) is 0 Å². The molecule has 1 N–H and O–H groups in total. The second-order valence-corrected chi connectivity index (χ2v) is 16.2. The van der Waals surface area contributed by atoms with Crippen LogP contribution in [0.3, 0.4) is 0 Å². The number of imidazole rings is 2. The first-order valence-electron chi connectivity index (χ1n) is 21.4. The summed E-state index contributed by atoms with van der Waals surface area (Å²) < 4.78 is 25.8. The van der Waals surface area contributed by atoms with Gasteiger partial charge in [0.25, 0.3) is 18.3 Å². The van der Waals surface area contributed by atoms with Crippen LogP contribution >= 0.6 is 15.9 Å². The minimum absolute atomic E-state index is 0. The number of amides is 2. The van der Waals surface area contributed by atoms with Crippen LogP contribution in [0.1, 0.15) is 71.8 Å². The maximum absolute atomic E-state index is 12.9. The largest absolute Gasteiger partial charge is 1.00 e. The molecule has 65 heavy (non-hydrogen) atoms. The van der Waals surface area contributed by atoms with Crippen molar-refractivity contribution in [2.24, 2.45) is 0 Å². The monoisotopic (exact) mass is 1190 g/mol. The van der Waals surface area contributed by atoms with Crippen molar-refractivity contribution in [2.45, 2.75) is 63.9 Å². The molecule has 0 radical (unpaired) electrons. The van der Waals surface area contributed by atoms with Crippen LogP contribution in [0.4, 0.5) is 0 Å². The number of hydrogen-bond acceptors (Lipinski definition) is 11. The molecule has 10 rings (SSSR count).